The molecule has 1 aromatic carbocycles. The molecule has 0 bridgehead atoms. The number of carbonyl (C=O) groups is 1. The van der Waals surface area contributed by atoms with E-state index < -0.39 is 38.7 Å². The van der Waals surface area contributed by atoms with Crippen molar-refractivity contribution in [3.8, 4) is 0 Å². The SMILES string of the molecule is O=C(O)C1=C(OS(=O)(=O)C(F)(F)F)c2cc(Br)c(F)cc2CCC1. The van der Waals surface area contributed by atoms with Crippen LogP contribution in [0.1, 0.15) is 24.0 Å². The summed E-state index contributed by atoms with van der Waals surface area (Å²) in [5, 5.41) is 9.18. The van der Waals surface area contributed by atoms with Crippen LogP contribution in [0.5, 0.6) is 0 Å². The second-order valence-electron chi connectivity index (χ2n) is 4.87. The Kier molecular flexibility index (Phi) is 4.96. The lowest BCUT2D eigenvalue weighted by Gasteiger charge is -2.16. The lowest BCUT2D eigenvalue weighted by molar-refractivity contribution is -0.132. The van der Waals surface area contributed by atoms with Crippen LogP contribution in [0.25, 0.3) is 5.76 Å². The van der Waals surface area contributed by atoms with Gasteiger partial charge in [-0.3, -0.25) is 0 Å². The first kappa shape index (κ1) is 18.7. The molecule has 0 aromatic heterocycles. The minimum absolute atomic E-state index is 0.148. The molecule has 24 heavy (non-hydrogen) atoms. The normalized spacial score (nSPS) is 15.7. The Morgan fingerprint density at radius 1 is 1.25 bits per heavy atom. The molecule has 0 heterocycles. The van der Waals surface area contributed by atoms with Gasteiger partial charge in [0.2, 0.25) is 0 Å². The lowest BCUT2D eigenvalue weighted by Crippen LogP contribution is -2.26. The van der Waals surface area contributed by atoms with Crippen LogP contribution in [0, 0.1) is 5.82 Å². The summed E-state index contributed by atoms with van der Waals surface area (Å²) in [5.74, 6) is -3.28. The highest BCUT2D eigenvalue weighted by molar-refractivity contribution is 9.10. The van der Waals surface area contributed by atoms with Crippen molar-refractivity contribution in [2.45, 2.75) is 24.8 Å². The highest BCUT2D eigenvalue weighted by atomic mass is 79.9. The minimum atomic E-state index is -6.08. The van der Waals surface area contributed by atoms with Gasteiger partial charge >= 0.3 is 21.6 Å². The largest absolute Gasteiger partial charge is 0.534 e. The zero-order valence-corrected chi connectivity index (χ0v) is 14.1. The average Bonchev–Trinajstić information content (AvgIpc) is 2.58. The van der Waals surface area contributed by atoms with E-state index in [1.54, 1.807) is 0 Å². The van der Waals surface area contributed by atoms with Crippen LogP contribution in [0.15, 0.2) is 22.2 Å². The number of halogens is 5. The van der Waals surface area contributed by atoms with Crippen LogP contribution in [0.2, 0.25) is 0 Å². The quantitative estimate of drug-likeness (QED) is 0.448. The molecule has 5 nitrogen and oxygen atoms in total. The molecule has 0 spiro atoms. The number of carboxylic acids is 1. The smallest absolute Gasteiger partial charge is 0.478 e. The molecule has 1 N–H and O–H groups in total. The first-order chi connectivity index (χ1) is 10.9. The zero-order chi connectivity index (χ0) is 18.3. The van der Waals surface area contributed by atoms with Crippen LogP contribution in [0.3, 0.4) is 0 Å². The summed E-state index contributed by atoms with van der Waals surface area (Å²) in [6.45, 7) is 0. The molecule has 132 valence electrons. The maximum atomic E-state index is 13.6. The zero-order valence-electron chi connectivity index (χ0n) is 11.7. The van der Waals surface area contributed by atoms with Crippen molar-refractivity contribution in [3.63, 3.8) is 0 Å². The molecular weight excluding hydrogens is 424 g/mol. The van der Waals surface area contributed by atoms with Crippen molar-refractivity contribution in [2.75, 3.05) is 0 Å². The fourth-order valence-corrected chi connectivity index (χ4v) is 3.04. The maximum absolute atomic E-state index is 13.6. The number of benzene rings is 1. The Balaban J connectivity index is 2.71. The second-order valence-corrected chi connectivity index (χ2v) is 7.27. The standard InChI is InChI=1S/C13H9BrF4O5S/c14-9-5-8-6(4-10(9)15)2-1-3-7(12(19)20)11(8)23-24(21,22)13(16,17)18/h4-5H,1-3H2,(H,19,20). The monoisotopic (exact) mass is 432 g/mol. The molecule has 11 heteroatoms. The number of rotatable bonds is 3. The first-order valence-corrected chi connectivity index (χ1v) is 8.59. The van der Waals surface area contributed by atoms with Gasteiger partial charge in [0.05, 0.1) is 10.0 Å². The molecular formula is C13H9BrF4O5S. The summed E-state index contributed by atoms with van der Waals surface area (Å²) in [6, 6.07) is 1.99. The van der Waals surface area contributed by atoms with E-state index in [9.17, 15) is 35.9 Å². The summed E-state index contributed by atoms with van der Waals surface area (Å²) >= 11 is 2.83. The summed E-state index contributed by atoms with van der Waals surface area (Å²) < 4.78 is 77.9. The molecule has 1 aromatic rings. The predicted octanol–water partition coefficient (Wildman–Crippen LogP) is 3.59. The van der Waals surface area contributed by atoms with E-state index in [1.807, 2.05) is 0 Å². The molecule has 0 atom stereocenters. The van der Waals surface area contributed by atoms with E-state index in [-0.39, 0.29) is 34.9 Å². The van der Waals surface area contributed by atoms with Gasteiger partial charge in [0.25, 0.3) is 0 Å². The number of hydrogen-bond acceptors (Lipinski definition) is 4. The van der Waals surface area contributed by atoms with E-state index in [2.05, 4.69) is 20.1 Å². The highest BCUT2D eigenvalue weighted by Crippen LogP contribution is 2.38. The summed E-state index contributed by atoms with van der Waals surface area (Å²) in [4.78, 5) is 11.3. The third-order valence-electron chi connectivity index (χ3n) is 3.27. The van der Waals surface area contributed by atoms with Gasteiger partial charge in [-0.05, 0) is 52.9 Å². The van der Waals surface area contributed by atoms with Crippen molar-refractivity contribution < 1.29 is 40.1 Å². The van der Waals surface area contributed by atoms with Gasteiger partial charge in [-0.25, -0.2) is 9.18 Å². The summed E-state index contributed by atoms with van der Waals surface area (Å²) in [7, 11) is -6.08. The summed E-state index contributed by atoms with van der Waals surface area (Å²) in [5.41, 5.74) is -6.42. The molecule has 0 fully saturated rings. The molecule has 2 rings (SSSR count). The van der Waals surface area contributed by atoms with Gasteiger partial charge in [-0.2, -0.15) is 21.6 Å². The maximum Gasteiger partial charge on any atom is 0.534 e. The van der Waals surface area contributed by atoms with Gasteiger partial charge < -0.3 is 9.29 Å². The van der Waals surface area contributed by atoms with Crippen molar-refractivity contribution in [1.29, 1.82) is 0 Å². The average molecular weight is 433 g/mol. The third-order valence-corrected chi connectivity index (χ3v) is 4.83. The second kappa shape index (κ2) is 6.36. The van der Waals surface area contributed by atoms with Gasteiger partial charge in [0, 0.05) is 5.56 Å². The van der Waals surface area contributed by atoms with E-state index in [0.717, 1.165) is 12.1 Å². The molecule has 0 unspecified atom stereocenters. The van der Waals surface area contributed by atoms with Gasteiger partial charge in [0.1, 0.15) is 5.82 Å². The molecule has 0 aliphatic heterocycles. The molecule has 0 radical (unpaired) electrons. The number of aliphatic carboxylic acids is 1. The van der Waals surface area contributed by atoms with Crippen LogP contribution in [-0.4, -0.2) is 25.0 Å². The molecule has 0 amide bonds. The number of hydrogen-bond donors (Lipinski definition) is 1. The topological polar surface area (TPSA) is 80.7 Å². The number of alkyl halides is 3. The van der Waals surface area contributed by atoms with Gasteiger partial charge in [-0.15, -0.1) is 0 Å². The Morgan fingerprint density at radius 3 is 2.42 bits per heavy atom. The van der Waals surface area contributed by atoms with Crippen molar-refractivity contribution in [3.05, 3.63) is 39.1 Å². The minimum Gasteiger partial charge on any atom is -0.478 e. The molecule has 1 aliphatic rings. The molecule has 0 saturated heterocycles. The van der Waals surface area contributed by atoms with Crippen LogP contribution in [0.4, 0.5) is 17.6 Å². The van der Waals surface area contributed by atoms with Crippen LogP contribution >= 0.6 is 15.9 Å². The number of aryl methyl sites for hydroxylation is 1. The first-order valence-electron chi connectivity index (χ1n) is 6.39. The van der Waals surface area contributed by atoms with Crippen molar-refractivity contribution in [2.24, 2.45) is 0 Å². The Bertz CT molecular complexity index is 829. The Labute approximate surface area is 142 Å². The lowest BCUT2D eigenvalue weighted by atomic mass is 10.0. The Hall–Kier alpha value is -1.62. The van der Waals surface area contributed by atoms with Crippen molar-refractivity contribution in [1.82, 2.24) is 0 Å². The van der Waals surface area contributed by atoms with E-state index in [4.69, 9.17) is 0 Å². The fourth-order valence-electron chi connectivity index (χ4n) is 2.19. The fraction of sp³-hybridized carbons (Fsp3) is 0.308. The van der Waals surface area contributed by atoms with E-state index in [1.165, 1.54) is 0 Å². The molecule has 0 saturated carbocycles. The van der Waals surface area contributed by atoms with Crippen molar-refractivity contribution >= 4 is 37.8 Å². The Morgan fingerprint density at radius 2 is 1.88 bits per heavy atom. The van der Waals surface area contributed by atoms with Crippen LogP contribution < -0.4 is 0 Å². The number of fused-ring (bicyclic) bond motifs is 1. The number of carboxylic acid groups (broad SMARTS) is 1. The van der Waals surface area contributed by atoms with Gasteiger partial charge in [0.15, 0.2) is 5.76 Å². The summed E-state index contributed by atoms with van der Waals surface area (Å²) in [6.07, 6.45) is 0.0931. The van der Waals surface area contributed by atoms with Crippen LogP contribution in [-0.2, 0) is 25.5 Å². The van der Waals surface area contributed by atoms with E-state index in [0.29, 0.717) is 0 Å². The highest BCUT2D eigenvalue weighted by Gasteiger charge is 2.49. The van der Waals surface area contributed by atoms with Gasteiger partial charge in [-0.1, -0.05) is 0 Å². The third kappa shape index (κ3) is 3.56. The van der Waals surface area contributed by atoms with E-state index >= 15 is 0 Å². The molecule has 1 aliphatic carbocycles. The predicted molar refractivity (Wildman–Crippen MR) is 77.7 cm³/mol.